The molecular weight excluding hydrogens is 451 g/mol. The van der Waals surface area contributed by atoms with Crippen LogP contribution in [-0.2, 0) is 9.53 Å². The van der Waals surface area contributed by atoms with Gasteiger partial charge in [0.2, 0.25) is 5.82 Å². The molecule has 0 spiro atoms. The number of pyridine rings is 1. The zero-order valence-electron chi connectivity index (χ0n) is 18.2. The van der Waals surface area contributed by atoms with Crippen molar-refractivity contribution in [2.75, 3.05) is 12.4 Å². The summed E-state index contributed by atoms with van der Waals surface area (Å²) in [6.07, 6.45) is -6.21. The van der Waals surface area contributed by atoms with E-state index in [-0.39, 0.29) is 16.9 Å². The highest BCUT2D eigenvalue weighted by Crippen LogP contribution is 2.55. The average Bonchev–Trinajstić information content (AvgIpc) is 3.02. The van der Waals surface area contributed by atoms with Crippen LogP contribution >= 0.6 is 0 Å². The summed E-state index contributed by atoms with van der Waals surface area (Å²) in [5.41, 5.74) is -2.49. The highest BCUT2D eigenvalue weighted by atomic mass is 19.4. The lowest BCUT2D eigenvalue weighted by Crippen LogP contribution is -2.47. The van der Waals surface area contributed by atoms with E-state index in [9.17, 15) is 31.9 Å². The second-order valence-electron chi connectivity index (χ2n) is 8.08. The van der Waals surface area contributed by atoms with Crippen LogP contribution in [0.1, 0.15) is 44.1 Å². The molecule has 0 aliphatic carbocycles. The maximum Gasteiger partial charge on any atom is 0.417 e. The Balaban J connectivity index is 2.07. The minimum absolute atomic E-state index is 0.128. The number of aromatic nitrogens is 1. The predicted octanol–water partition coefficient (Wildman–Crippen LogP) is 4.50. The van der Waals surface area contributed by atoms with Crippen LogP contribution in [0, 0.1) is 17.6 Å². The predicted molar refractivity (Wildman–Crippen MR) is 108 cm³/mol. The van der Waals surface area contributed by atoms with Gasteiger partial charge in [-0.25, -0.2) is 4.39 Å². The summed E-state index contributed by atoms with van der Waals surface area (Å²) in [5.74, 6) is -6.84. The third-order valence-corrected chi connectivity index (χ3v) is 6.05. The van der Waals surface area contributed by atoms with E-state index in [0.717, 1.165) is 26.2 Å². The Morgan fingerprint density at radius 3 is 2.55 bits per heavy atom. The van der Waals surface area contributed by atoms with Gasteiger partial charge in [-0.3, -0.25) is 9.78 Å². The fourth-order valence-electron chi connectivity index (χ4n) is 4.01. The van der Waals surface area contributed by atoms with Crippen LogP contribution in [0.3, 0.4) is 0 Å². The molecule has 11 heteroatoms. The lowest BCUT2D eigenvalue weighted by atomic mass is 9.77. The Bertz CT molecular complexity index is 1050. The van der Waals surface area contributed by atoms with Gasteiger partial charge in [-0.2, -0.15) is 17.6 Å². The molecule has 1 aromatic heterocycles. The second-order valence-corrected chi connectivity index (χ2v) is 8.08. The van der Waals surface area contributed by atoms with Gasteiger partial charge in [0.25, 0.3) is 5.91 Å². The Kier molecular flexibility index (Phi) is 6.67. The van der Waals surface area contributed by atoms with Crippen molar-refractivity contribution in [1.82, 2.24) is 4.98 Å². The number of ether oxygens (including phenoxy) is 2. The topological polar surface area (TPSA) is 80.7 Å². The average molecular weight is 474 g/mol. The van der Waals surface area contributed by atoms with Gasteiger partial charge in [0.15, 0.2) is 17.2 Å². The van der Waals surface area contributed by atoms with E-state index in [1.807, 2.05) is 0 Å². The van der Waals surface area contributed by atoms with Crippen molar-refractivity contribution in [3.05, 3.63) is 53.4 Å². The van der Waals surface area contributed by atoms with Crippen LogP contribution in [-0.4, -0.2) is 41.0 Å². The molecule has 2 N–H and O–H groups in total. The van der Waals surface area contributed by atoms with Gasteiger partial charge < -0.3 is 19.9 Å². The maximum atomic E-state index is 14.4. The van der Waals surface area contributed by atoms with E-state index < -0.39 is 59.1 Å². The molecule has 6 nitrogen and oxygen atoms in total. The summed E-state index contributed by atoms with van der Waals surface area (Å²) in [5, 5.41) is 12.1. The molecule has 5 atom stereocenters. The number of aliphatic hydroxyl groups is 1. The maximum absolute atomic E-state index is 14.4. The molecule has 0 saturated carbocycles. The lowest BCUT2D eigenvalue weighted by Gasteiger charge is -2.32. The number of alkyl halides is 3. The SMILES string of the molecule is COc1c([C@H]2[C@H](C(=O)Nc3ccnc(C(C)O)c3)O[C@@](C)(C(F)(F)F)[C@H]2C)ccc(F)c1F. The molecule has 1 amide bonds. The highest BCUT2D eigenvalue weighted by molar-refractivity contribution is 5.95. The fourth-order valence-corrected chi connectivity index (χ4v) is 4.01. The smallest absolute Gasteiger partial charge is 0.417 e. The minimum atomic E-state index is -4.86. The number of amides is 1. The standard InChI is InChI=1S/C22H23F5N2O4/c1-10-16(13-5-6-14(23)17(24)18(13)32-4)19(33-21(10,3)22(25,26)27)20(31)29-12-7-8-28-15(9-12)11(2)30/h5-11,16,19,30H,1-4H3,(H,28,29,31)/t10-,11?,16-,19+,21+/m0/s1. The van der Waals surface area contributed by atoms with Crippen LogP contribution < -0.4 is 10.1 Å². The normalized spacial score (nSPS) is 26.2. The number of carbonyl (C=O) groups excluding carboxylic acids is 1. The molecule has 1 aromatic carbocycles. The number of hydrogen-bond acceptors (Lipinski definition) is 5. The molecule has 1 fully saturated rings. The van der Waals surface area contributed by atoms with Gasteiger partial charge in [0.1, 0.15) is 6.10 Å². The van der Waals surface area contributed by atoms with Crippen molar-refractivity contribution < 1.29 is 41.3 Å². The number of anilines is 1. The first-order chi connectivity index (χ1) is 15.3. The molecule has 1 aliphatic heterocycles. The second kappa shape index (κ2) is 8.86. The van der Waals surface area contributed by atoms with Crippen molar-refractivity contribution in [3.8, 4) is 5.75 Å². The number of carbonyl (C=O) groups is 1. The number of rotatable bonds is 5. The first-order valence-electron chi connectivity index (χ1n) is 10.0. The number of nitrogens with one attached hydrogen (secondary N) is 1. The van der Waals surface area contributed by atoms with Crippen molar-refractivity contribution in [3.63, 3.8) is 0 Å². The van der Waals surface area contributed by atoms with Crippen LogP contribution in [0.2, 0.25) is 0 Å². The Morgan fingerprint density at radius 2 is 1.97 bits per heavy atom. The third kappa shape index (κ3) is 4.39. The van der Waals surface area contributed by atoms with Gasteiger partial charge in [-0.1, -0.05) is 13.0 Å². The van der Waals surface area contributed by atoms with E-state index in [0.29, 0.717) is 0 Å². The molecule has 180 valence electrons. The molecule has 33 heavy (non-hydrogen) atoms. The monoisotopic (exact) mass is 474 g/mol. The molecular formula is C22H23F5N2O4. The number of benzene rings is 1. The van der Waals surface area contributed by atoms with Gasteiger partial charge in [0.05, 0.1) is 18.9 Å². The van der Waals surface area contributed by atoms with Crippen LogP contribution in [0.25, 0.3) is 0 Å². The molecule has 1 aliphatic rings. The molecule has 3 rings (SSSR count). The zero-order valence-corrected chi connectivity index (χ0v) is 18.2. The summed E-state index contributed by atoms with van der Waals surface area (Å²) >= 11 is 0. The van der Waals surface area contributed by atoms with E-state index in [1.165, 1.54) is 32.2 Å². The molecule has 0 bridgehead atoms. The van der Waals surface area contributed by atoms with Crippen LogP contribution in [0.15, 0.2) is 30.5 Å². The quantitative estimate of drug-likeness (QED) is 0.624. The highest BCUT2D eigenvalue weighted by Gasteiger charge is 2.65. The first kappa shape index (κ1) is 24.8. The van der Waals surface area contributed by atoms with Crippen molar-refractivity contribution in [2.45, 2.75) is 50.7 Å². The van der Waals surface area contributed by atoms with E-state index in [4.69, 9.17) is 9.47 Å². The largest absolute Gasteiger partial charge is 0.493 e. The van der Waals surface area contributed by atoms with Crippen LogP contribution in [0.4, 0.5) is 27.6 Å². The number of aliphatic hydroxyl groups excluding tert-OH is 1. The fraction of sp³-hybridized carbons (Fsp3) is 0.455. The lowest BCUT2D eigenvalue weighted by molar-refractivity contribution is -0.272. The summed E-state index contributed by atoms with van der Waals surface area (Å²) in [7, 11) is 1.05. The van der Waals surface area contributed by atoms with Crippen molar-refractivity contribution in [1.29, 1.82) is 0 Å². The summed E-state index contributed by atoms with van der Waals surface area (Å²) < 4.78 is 80.2. The van der Waals surface area contributed by atoms with E-state index in [2.05, 4.69) is 10.3 Å². The number of halogens is 5. The van der Waals surface area contributed by atoms with E-state index in [1.54, 1.807) is 0 Å². The molecule has 2 heterocycles. The summed E-state index contributed by atoms with van der Waals surface area (Å²) in [6.45, 7) is 3.49. The van der Waals surface area contributed by atoms with E-state index >= 15 is 0 Å². The van der Waals surface area contributed by atoms with Gasteiger partial charge in [-0.15, -0.1) is 0 Å². The molecule has 0 radical (unpaired) electrons. The minimum Gasteiger partial charge on any atom is -0.493 e. The van der Waals surface area contributed by atoms with Crippen molar-refractivity contribution in [2.24, 2.45) is 5.92 Å². The van der Waals surface area contributed by atoms with Crippen LogP contribution in [0.5, 0.6) is 5.75 Å². The van der Waals surface area contributed by atoms with Gasteiger partial charge >= 0.3 is 6.18 Å². The summed E-state index contributed by atoms with van der Waals surface area (Å²) in [6, 6.07) is 4.59. The molecule has 2 aromatic rings. The molecule has 1 unspecified atom stereocenters. The Labute approximate surface area is 186 Å². The Hall–Kier alpha value is -2.79. The molecule has 1 saturated heterocycles. The number of hydrogen-bond donors (Lipinski definition) is 2. The summed E-state index contributed by atoms with van der Waals surface area (Å²) in [4.78, 5) is 17.0. The van der Waals surface area contributed by atoms with Gasteiger partial charge in [0, 0.05) is 29.3 Å². The first-order valence-corrected chi connectivity index (χ1v) is 10.0. The zero-order chi connectivity index (χ0) is 24.7. The van der Waals surface area contributed by atoms with Crippen molar-refractivity contribution >= 4 is 11.6 Å². The third-order valence-electron chi connectivity index (χ3n) is 6.05. The Morgan fingerprint density at radius 1 is 1.30 bits per heavy atom. The number of nitrogens with zero attached hydrogens (tertiary/aromatic N) is 1. The van der Waals surface area contributed by atoms with Gasteiger partial charge in [-0.05, 0) is 32.0 Å². The number of methoxy groups -OCH3 is 1.